The number of nitrogens with zero attached hydrogens (tertiary/aromatic N) is 1. The highest BCUT2D eigenvalue weighted by atomic mass is 19.4. The van der Waals surface area contributed by atoms with Crippen LogP contribution in [0.1, 0.15) is 46.5 Å². The second kappa shape index (κ2) is 5.51. The monoisotopic (exact) mass is 338 g/mol. The lowest BCUT2D eigenvalue weighted by atomic mass is 9.65. The van der Waals surface area contributed by atoms with Gasteiger partial charge in [-0.25, -0.2) is 4.79 Å². The number of nitrogens with two attached hydrogens (primary N) is 1. The van der Waals surface area contributed by atoms with Crippen molar-refractivity contribution in [1.82, 2.24) is 4.90 Å². The Morgan fingerprint density at radius 1 is 1.22 bits per heavy atom. The van der Waals surface area contributed by atoms with Gasteiger partial charge in [0.1, 0.15) is 11.2 Å². The molecule has 1 aliphatic carbocycles. The fraction of sp³-hybridized carbons (Fsp3) is 0.933. The Kier molecular flexibility index (Phi) is 4.39. The van der Waals surface area contributed by atoms with E-state index in [-0.39, 0.29) is 38.8 Å². The third kappa shape index (κ3) is 3.74. The van der Waals surface area contributed by atoms with E-state index in [1.54, 1.807) is 20.8 Å². The van der Waals surface area contributed by atoms with Crippen molar-refractivity contribution in [2.75, 3.05) is 13.1 Å². The number of β-amino-alcohol motifs (C(OH)–C–C–N with tert-alkyl or cyclic N) is 1. The third-order valence-corrected chi connectivity index (χ3v) is 4.82. The van der Waals surface area contributed by atoms with E-state index < -0.39 is 34.9 Å². The SMILES string of the molecule is CC(C)(C)OC(=O)N1CC(O)(C2(N)CCC(C(F)(F)F)CC2)C1. The summed E-state index contributed by atoms with van der Waals surface area (Å²) in [5.74, 6) is -1.36. The van der Waals surface area contributed by atoms with Crippen LogP contribution in [0.15, 0.2) is 0 Å². The zero-order valence-corrected chi connectivity index (χ0v) is 13.7. The lowest BCUT2D eigenvalue weighted by molar-refractivity contribution is -0.199. The van der Waals surface area contributed by atoms with E-state index in [1.165, 1.54) is 4.90 Å². The Morgan fingerprint density at radius 3 is 2.09 bits per heavy atom. The van der Waals surface area contributed by atoms with Crippen molar-refractivity contribution in [2.24, 2.45) is 11.7 Å². The quantitative estimate of drug-likeness (QED) is 0.770. The van der Waals surface area contributed by atoms with Crippen LogP contribution in [0.25, 0.3) is 0 Å². The van der Waals surface area contributed by atoms with E-state index in [0.29, 0.717) is 0 Å². The van der Waals surface area contributed by atoms with Crippen molar-refractivity contribution in [2.45, 2.75) is 69.4 Å². The Labute approximate surface area is 134 Å². The van der Waals surface area contributed by atoms with Gasteiger partial charge in [-0.05, 0) is 46.5 Å². The molecule has 1 heterocycles. The lowest BCUT2D eigenvalue weighted by Crippen LogP contribution is -2.77. The molecule has 1 saturated heterocycles. The summed E-state index contributed by atoms with van der Waals surface area (Å²) in [6.07, 6.45) is -4.75. The van der Waals surface area contributed by atoms with Crippen LogP contribution in [0.4, 0.5) is 18.0 Å². The first-order chi connectivity index (χ1) is 10.3. The van der Waals surface area contributed by atoms with Crippen LogP contribution in [-0.2, 0) is 4.74 Å². The van der Waals surface area contributed by atoms with Gasteiger partial charge in [0.05, 0.1) is 19.0 Å². The predicted octanol–water partition coefficient (Wildman–Crippen LogP) is 2.42. The molecule has 0 unspecified atom stereocenters. The molecular formula is C15H25F3N2O3. The molecule has 2 aliphatic rings. The van der Waals surface area contributed by atoms with Gasteiger partial charge in [0.15, 0.2) is 0 Å². The molecule has 5 nitrogen and oxygen atoms in total. The smallest absolute Gasteiger partial charge is 0.410 e. The van der Waals surface area contributed by atoms with Crippen molar-refractivity contribution in [1.29, 1.82) is 0 Å². The molecule has 23 heavy (non-hydrogen) atoms. The molecule has 1 amide bonds. The van der Waals surface area contributed by atoms with Crippen LogP contribution in [0.3, 0.4) is 0 Å². The molecular weight excluding hydrogens is 313 g/mol. The Balaban J connectivity index is 1.92. The first kappa shape index (κ1) is 18.3. The van der Waals surface area contributed by atoms with Gasteiger partial charge in [-0.1, -0.05) is 0 Å². The first-order valence-corrected chi connectivity index (χ1v) is 7.82. The van der Waals surface area contributed by atoms with Gasteiger partial charge in [-0.15, -0.1) is 0 Å². The van der Waals surface area contributed by atoms with Gasteiger partial charge in [0.2, 0.25) is 0 Å². The van der Waals surface area contributed by atoms with Crippen molar-refractivity contribution >= 4 is 6.09 Å². The highest BCUT2D eigenvalue weighted by Gasteiger charge is 2.59. The summed E-state index contributed by atoms with van der Waals surface area (Å²) in [5, 5.41) is 10.6. The number of amides is 1. The number of alkyl halides is 3. The molecule has 2 rings (SSSR count). The molecule has 2 fully saturated rings. The van der Waals surface area contributed by atoms with Gasteiger partial charge in [0, 0.05) is 5.54 Å². The molecule has 0 aromatic rings. The van der Waals surface area contributed by atoms with E-state index >= 15 is 0 Å². The summed E-state index contributed by atoms with van der Waals surface area (Å²) in [4.78, 5) is 13.2. The summed E-state index contributed by atoms with van der Waals surface area (Å²) in [7, 11) is 0. The standard InChI is InChI=1S/C15H25F3N2O3/c1-12(2,3)23-11(21)20-8-14(22,9-20)13(19)6-4-10(5-7-13)15(16,17)18/h10,22H,4-9,19H2,1-3H3. The second-order valence-electron chi connectivity index (χ2n) is 7.84. The predicted molar refractivity (Wildman–Crippen MR) is 77.7 cm³/mol. The molecule has 1 aliphatic heterocycles. The summed E-state index contributed by atoms with van der Waals surface area (Å²) < 4.78 is 43.4. The number of ether oxygens (including phenoxy) is 1. The molecule has 1 saturated carbocycles. The lowest BCUT2D eigenvalue weighted by Gasteiger charge is -2.57. The first-order valence-electron chi connectivity index (χ1n) is 7.82. The largest absolute Gasteiger partial charge is 0.444 e. The number of carbonyl (C=O) groups is 1. The fourth-order valence-corrected chi connectivity index (χ4v) is 3.28. The zero-order valence-electron chi connectivity index (χ0n) is 13.7. The van der Waals surface area contributed by atoms with Crippen LogP contribution in [0.2, 0.25) is 0 Å². The van der Waals surface area contributed by atoms with Crippen LogP contribution < -0.4 is 5.73 Å². The number of carbonyl (C=O) groups excluding carboxylic acids is 1. The van der Waals surface area contributed by atoms with Gasteiger partial charge in [0.25, 0.3) is 0 Å². The van der Waals surface area contributed by atoms with E-state index in [4.69, 9.17) is 10.5 Å². The number of rotatable bonds is 1. The van der Waals surface area contributed by atoms with Crippen molar-refractivity contribution in [3.8, 4) is 0 Å². The molecule has 0 spiro atoms. The molecule has 0 aromatic heterocycles. The average molecular weight is 338 g/mol. The third-order valence-electron chi connectivity index (χ3n) is 4.82. The van der Waals surface area contributed by atoms with E-state index in [1.807, 2.05) is 0 Å². The molecule has 0 atom stereocenters. The van der Waals surface area contributed by atoms with Crippen LogP contribution in [-0.4, -0.2) is 52.1 Å². The highest BCUT2D eigenvalue weighted by Crippen LogP contribution is 2.46. The van der Waals surface area contributed by atoms with Crippen LogP contribution in [0, 0.1) is 5.92 Å². The molecule has 0 bridgehead atoms. The van der Waals surface area contributed by atoms with Gasteiger partial charge in [-0.2, -0.15) is 13.2 Å². The van der Waals surface area contributed by atoms with Gasteiger partial charge < -0.3 is 20.5 Å². The topological polar surface area (TPSA) is 75.8 Å². The molecule has 8 heteroatoms. The summed E-state index contributed by atoms with van der Waals surface area (Å²) in [5.41, 5.74) is 3.12. The molecule has 0 aromatic carbocycles. The van der Waals surface area contributed by atoms with E-state index in [0.717, 1.165) is 0 Å². The van der Waals surface area contributed by atoms with Crippen LogP contribution >= 0.6 is 0 Å². The van der Waals surface area contributed by atoms with Crippen molar-refractivity contribution < 1.29 is 27.8 Å². The molecule has 134 valence electrons. The second-order valence-corrected chi connectivity index (χ2v) is 7.84. The number of aliphatic hydroxyl groups is 1. The number of halogens is 3. The number of hydrogen-bond acceptors (Lipinski definition) is 4. The Bertz CT molecular complexity index is 460. The molecule has 3 N–H and O–H groups in total. The van der Waals surface area contributed by atoms with E-state index in [2.05, 4.69) is 0 Å². The number of hydrogen-bond donors (Lipinski definition) is 2. The minimum Gasteiger partial charge on any atom is -0.444 e. The van der Waals surface area contributed by atoms with Crippen molar-refractivity contribution in [3.05, 3.63) is 0 Å². The minimum atomic E-state index is -4.22. The average Bonchev–Trinajstić information content (AvgIpc) is 2.31. The normalized spacial score (nSPS) is 31.5. The van der Waals surface area contributed by atoms with Gasteiger partial charge in [-0.3, -0.25) is 0 Å². The van der Waals surface area contributed by atoms with Gasteiger partial charge >= 0.3 is 12.3 Å². The van der Waals surface area contributed by atoms with Crippen LogP contribution in [0.5, 0.6) is 0 Å². The maximum Gasteiger partial charge on any atom is 0.410 e. The summed E-state index contributed by atoms with van der Waals surface area (Å²) >= 11 is 0. The molecule has 0 radical (unpaired) electrons. The van der Waals surface area contributed by atoms with Crippen molar-refractivity contribution in [3.63, 3.8) is 0 Å². The Hall–Kier alpha value is -1.02. The zero-order chi connectivity index (χ0) is 17.7. The minimum absolute atomic E-state index is 0.00486. The maximum absolute atomic E-state index is 12.7. The van der Waals surface area contributed by atoms with E-state index in [9.17, 15) is 23.1 Å². The maximum atomic E-state index is 12.7. The number of likely N-dealkylation sites (tertiary alicyclic amines) is 1. The summed E-state index contributed by atoms with van der Waals surface area (Å²) in [6, 6.07) is 0. The Morgan fingerprint density at radius 2 is 1.70 bits per heavy atom. The summed E-state index contributed by atoms with van der Waals surface area (Å²) in [6.45, 7) is 5.20. The highest BCUT2D eigenvalue weighted by molar-refractivity contribution is 5.70. The fourth-order valence-electron chi connectivity index (χ4n) is 3.28.